The molecule has 0 spiro atoms. The summed E-state index contributed by atoms with van der Waals surface area (Å²) < 4.78 is 14.1. The number of hydrogen-bond acceptors (Lipinski definition) is 2. The zero-order valence-electron chi connectivity index (χ0n) is 12.5. The molecule has 0 amide bonds. The van der Waals surface area contributed by atoms with Gasteiger partial charge in [0.2, 0.25) is 0 Å². The summed E-state index contributed by atoms with van der Waals surface area (Å²) in [6, 6.07) is 13.1. The highest BCUT2D eigenvalue weighted by Crippen LogP contribution is 2.24. The largest absolute Gasteiger partial charge is 0.381 e. The summed E-state index contributed by atoms with van der Waals surface area (Å²) in [6.07, 6.45) is 0. The van der Waals surface area contributed by atoms with E-state index in [1.54, 1.807) is 6.07 Å². The lowest BCUT2D eigenvalue weighted by molar-refractivity contribution is 0.614. The van der Waals surface area contributed by atoms with Gasteiger partial charge in [-0.15, -0.1) is 0 Å². The number of hydrogen-bond donors (Lipinski definition) is 1. The van der Waals surface area contributed by atoms with Crippen LogP contribution in [-0.4, -0.2) is 13.1 Å². The maximum Gasteiger partial charge on any atom is 0.148 e. The van der Waals surface area contributed by atoms with Gasteiger partial charge in [0.15, 0.2) is 0 Å². The summed E-state index contributed by atoms with van der Waals surface area (Å²) in [5.74, 6) is -0.220. The van der Waals surface area contributed by atoms with Crippen LogP contribution in [0.5, 0.6) is 0 Å². The highest BCUT2D eigenvalue weighted by atomic mass is 35.5. The Kier molecular flexibility index (Phi) is 5.07. The van der Waals surface area contributed by atoms with Crippen LogP contribution in [0.15, 0.2) is 42.5 Å². The molecule has 112 valence electrons. The fraction of sp³-hybridized carbons (Fsp3) is 0.294. The lowest BCUT2D eigenvalue weighted by Gasteiger charge is -2.24. The van der Waals surface area contributed by atoms with Crippen LogP contribution in [0.2, 0.25) is 5.02 Å². The van der Waals surface area contributed by atoms with Crippen LogP contribution in [0.4, 0.5) is 15.8 Å². The van der Waals surface area contributed by atoms with Gasteiger partial charge in [-0.05, 0) is 49.7 Å². The van der Waals surface area contributed by atoms with Gasteiger partial charge >= 0.3 is 0 Å². The first-order valence-electron chi connectivity index (χ1n) is 6.98. The summed E-state index contributed by atoms with van der Waals surface area (Å²) in [4.78, 5) is 1.91. The molecule has 0 saturated heterocycles. The molecule has 0 fully saturated rings. The van der Waals surface area contributed by atoms with Gasteiger partial charge in [-0.2, -0.15) is 0 Å². The standard InChI is InChI=1S/C17H20ClFN2/c1-12(2)21(3)17-8-7-15(10-16(17)19)20-11-13-5-4-6-14(18)9-13/h4-10,12,20H,11H2,1-3H3. The Hall–Kier alpha value is -1.74. The molecule has 0 bridgehead atoms. The molecule has 0 heterocycles. The molecule has 2 nitrogen and oxygen atoms in total. The van der Waals surface area contributed by atoms with Crippen LogP contribution in [0.3, 0.4) is 0 Å². The number of nitrogens with one attached hydrogen (secondary N) is 1. The SMILES string of the molecule is CC(C)N(C)c1ccc(NCc2cccc(Cl)c2)cc1F. The zero-order chi connectivity index (χ0) is 15.4. The minimum atomic E-state index is -0.220. The first-order chi connectivity index (χ1) is 9.97. The smallest absolute Gasteiger partial charge is 0.148 e. The van der Waals surface area contributed by atoms with E-state index in [0.717, 1.165) is 11.3 Å². The second-order valence-corrected chi connectivity index (χ2v) is 5.79. The lowest BCUT2D eigenvalue weighted by Crippen LogP contribution is -2.26. The van der Waals surface area contributed by atoms with E-state index >= 15 is 0 Å². The molecule has 0 aliphatic carbocycles. The van der Waals surface area contributed by atoms with Crippen molar-refractivity contribution in [1.82, 2.24) is 0 Å². The van der Waals surface area contributed by atoms with E-state index in [0.29, 0.717) is 17.3 Å². The topological polar surface area (TPSA) is 15.3 Å². The van der Waals surface area contributed by atoms with E-state index in [4.69, 9.17) is 11.6 Å². The maximum absolute atomic E-state index is 14.1. The van der Waals surface area contributed by atoms with E-state index in [2.05, 4.69) is 5.32 Å². The predicted molar refractivity (Wildman–Crippen MR) is 88.7 cm³/mol. The van der Waals surface area contributed by atoms with Crippen molar-refractivity contribution < 1.29 is 4.39 Å². The predicted octanol–water partition coefficient (Wildman–Crippen LogP) is 4.94. The van der Waals surface area contributed by atoms with Crippen LogP contribution in [0.1, 0.15) is 19.4 Å². The monoisotopic (exact) mass is 306 g/mol. The van der Waals surface area contributed by atoms with Gasteiger partial charge in [-0.3, -0.25) is 0 Å². The van der Waals surface area contributed by atoms with Gasteiger partial charge in [-0.1, -0.05) is 23.7 Å². The fourth-order valence-corrected chi connectivity index (χ4v) is 2.25. The summed E-state index contributed by atoms with van der Waals surface area (Å²) in [5.41, 5.74) is 2.43. The Morgan fingerprint density at radius 3 is 2.57 bits per heavy atom. The minimum absolute atomic E-state index is 0.220. The Bertz CT molecular complexity index is 613. The van der Waals surface area contributed by atoms with E-state index in [1.165, 1.54) is 6.07 Å². The summed E-state index contributed by atoms with van der Waals surface area (Å²) in [7, 11) is 1.89. The first-order valence-corrected chi connectivity index (χ1v) is 7.36. The summed E-state index contributed by atoms with van der Waals surface area (Å²) in [5, 5.41) is 3.91. The van der Waals surface area contributed by atoms with Crippen molar-refractivity contribution >= 4 is 23.0 Å². The minimum Gasteiger partial charge on any atom is -0.381 e. The maximum atomic E-state index is 14.1. The van der Waals surface area contributed by atoms with Gasteiger partial charge in [-0.25, -0.2) is 4.39 Å². The number of rotatable bonds is 5. The van der Waals surface area contributed by atoms with Crippen LogP contribution >= 0.6 is 11.6 Å². The van der Waals surface area contributed by atoms with E-state index < -0.39 is 0 Å². The van der Waals surface area contributed by atoms with Crippen LogP contribution in [0.25, 0.3) is 0 Å². The van der Waals surface area contributed by atoms with Crippen molar-refractivity contribution in [2.45, 2.75) is 26.4 Å². The number of benzene rings is 2. The van der Waals surface area contributed by atoms with Crippen molar-refractivity contribution in [3.63, 3.8) is 0 Å². The molecule has 2 rings (SSSR count). The van der Waals surface area contributed by atoms with Crippen molar-refractivity contribution in [2.75, 3.05) is 17.3 Å². The lowest BCUT2D eigenvalue weighted by atomic mass is 10.2. The summed E-state index contributed by atoms with van der Waals surface area (Å²) in [6.45, 7) is 4.68. The molecule has 2 aromatic carbocycles. The Labute approximate surface area is 130 Å². The molecule has 0 atom stereocenters. The normalized spacial score (nSPS) is 10.8. The average molecular weight is 307 g/mol. The molecule has 0 unspecified atom stereocenters. The zero-order valence-corrected chi connectivity index (χ0v) is 13.3. The highest BCUT2D eigenvalue weighted by molar-refractivity contribution is 6.30. The molecule has 0 saturated carbocycles. The Morgan fingerprint density at radius 2 is 1.95 bits per heavy atom. The average Bonchev–Trinajstić information content (AvgIpc) is 2.44. The van der Waals surface area contributed by atoms with Crippen molar-refractivity contribution in [3.8, 4) is 0 Å². The van der Waals surface area contributed by atoms with Gasteiger partial charge < -0.3 is 10.2 Å². The molecule has 4 heteroatoms. The molecule has 21 heavy (non-hydrogen) atoms. The molecule has 0 aliphatic rings. The quantitative estimate of drug-likeness (QED) is 0.842. The molecular formula is C17H20ClFN2. The van der Waals surface area contributed by atoms with Crippen LogP contribution in [0, 0.1) is 5.82 Å². The third-order valence-corrected chi connectivity index (χ3v) is 3.72. The van der Waals surface area contributed by atoms with E-state index in [9.17, 15) is 4.39 Å². The first kappa shape index (κ1) is 15.6. The molecular weight excluding hydrogens is 287 g/mol. The van der Waals surface area contributed by atoms with E-state index in [1.807, 2.05) is 56.1 Å². The molecule has 0 aromatic heterocycles. The van der Waals surface area contributed by atoms with Gasteiger partial charge in [0.1, 0.15) is 5.82 Å². The second-order valence-electron chi connectivity index (χ2n) is 5.35. The van der Waals surface area contributed by atoms with Crippen LogP contribution < -0.4 is 10.2 Å². The molecule has 0 radical (unpaired) electrons. The van der Waals surface area contributed by atoms with Gasteiger partial charge in [0, 0.05) is 30.3 Å². The third kappa shape index (κ3) is 4.11. The van der Waals surface area contributed by atoms with Gasteiger partial charge in [0.05, 0.1) is 5.69 Å². The molecule has 0 aliphatic heterocycles. The third-order valence-electron chi connectivity index (χ3n) is 3.49. The Morgan fingerprint density at radius 1 is 1.19 bits per heavy atom. The van der Waals surface area contributed by atoms with Gasteiger partial charge in [0.25, 0.3) is 0 Å². The number of halogens is 2. The molecule has 2 aromatic rings. The van der Waals surface area contributed by atoms with Crippen molar-refractivity contribution in [2.24, 2.45) is 0 Å². The number of anilines is 2. The number of nitrogens with zero attached hydrogens (tertiary/aromatic N) is 1. The van der Waals surface area contributed by atoms with Crippen molar-refractivity contribution in [1.29, 1.82) is 0 Å². The van der Waals surface area contributed by atoms with Crippen molar-refractivity contribution in [3.05, 3.63) is 58.9 Å². The Balaban J connectivity index is 2.07. The highest BCUT2D eigenvalue weighted by Gasteiger charge is 2.10. The second kappa shape index (κ2) is 6.81. The molecule has 1 N–H and O–H groups in total. The fourth-order valence-electron chi connectivity index (χ4n) is 2.03. The summed E-state index contributed by atoms with van der Waals surface area (Å²) >= 11 is 5.94. The van der Waals surface area contributed by atoms with Crippen LogP contribution in [-0.2, 0) is 6.54 Å². The van der Waals surface area contributed by atoms with E-state index in [-0.39, 0.29) is 11.9 Å².